The lowest BCUT2D eigenvalue weighted by molar-refractivity contribution is 0.567. The first kappa shape index (κ1) is 16.1. The number of rotatable bonds is 3. The van der Waals surface area contributed by atoms with E-state index in [0.717, 1.165) is 6.07 Å². The maximum absolute atomic E-state index is 14.0. The number of hydrogen-bond donors (Lipinski definition) is 2. The largest absolute Gasteiger partial charge is 0.384 e. The number of nitrogens with two attached hydrogens (primary N) is 1. The monoisotopic (exact) mass is 346 g/mol. The van der Waals surface area contributed by atoms with E-state index in [0.29, 0.717) is 22.6 Å². The van der Waals surface area contributed by atoms with Crippen molar-refractivity contribution in [1.82, 2.24) is 15.0 Å². The summed E-state index contributed by atoms with van der Waals surface area (Å²) in [5, 5.41) is 0. The van der Waals surface area contributed by atoms with E-state index in [1.807, 2.05) is 0 Å². The molecule has 0 aliphatic heterocycles. The highest BCUT2D eigenvalue weighted by Crippen LogP contribution is 2.35. The molecule has 0 amide bonds. The van der Waals surface area contributed by atoms with Crippen molar-refractivity contribution < 1.29 is 12.8 Å². The number of halogens is 1. The van der Waals surface area contributed by atoms with E-state index < -0.39 is 20.5 Å². The second-order valence-electron chi connectivity index (χ2n) is 5.43. The number of anilines is 1. The van der Waals surface area contributed by atoms with Crippen LogP contribution in [0.4, 0.5) is 10.2 Å². The molecule has 0 unspecified atom stereocenters. The number of aryl methyl sites for hydroxylation is 1. The van der Waals surface area contributed by atoms with Gasteiger partial charge >= 0.3 is 0 Å². The molecule has 6 nitrogen and oxygen atoms in total. The summed E-state index contributed by atoms with van der Waals surface area (Å²) >= 11 is 0. The normalized spacial score (nSPS) is 11.8. The molecule has 0 aliphatic carbocycles. The van der Waals surface area contributed by atoms with Crippen molar-refractivity contribution in [2.24, 2.45) is 0 Å². The zero-order chi connectivity index (χ0) is 17.6. The Balaban J connectivity index is 2.41. The molecule has 1 aromatic carbocycles. The van der Waals surface area contributed by atoms with Gasteiger partial charge in [0.1, 0.15) is 32.8 Å². The van der Waals surface area contributed by atoms with E-state index in [-0.39, 0.29) is 16.2 Å². The van der Waals surface area contributed by atoms with E-state index in [1.165, 1.54) is 18.2 Å². The Hall–Kier alpha value is -2.74. The molecular formula is C16H15FN4O2S. The fourth-order valence-corrected chi connectivity index (χ4v) is 4.07. The zero-order valence-electron chi connectivity index (χ0n) is 13.1. The van der Waals surface area contributed by atoms with E-state index >= 15 is 0 Å². The Labute approximate surface area is 138 Å². The second-order valence-corrected chi connectivity index (χ2v) is 7.28. The van der Waals surface area contributed by atoms with Gasteiger partial charge in [-0.25, -0.2) is 22.8 Å². The van der Waals surface area contributed by atoms with Crippen molar-refractivity contribution in [3.8, 4) is 0 Å². The number of fused-ring (bicyclic) bond motifs is 1. The number of H-pyrrole nitrogens is 1. The van der Waals surface area contributed by atoms with E-state index in [4.69, 9.17) is 5.73 Å². The van der Waals surface area contributed by atoms with Gasteiger partial charge < -0.3 is 10.7 Å². The number of aromatic nitrogens is 3. The van der Waals surface area contributed by atoms with Gasteiger partial charge in [0, 0.05) is 0 Å². The molecule has 0 aliphatic rings. The second kappa shape index (κ2) is 5.41. The van der Waals surface area contributed by atoms with Gasteiger partial charge in [0.15, 0.2) is 0 Å². The molecule has 3 aromatic rings. The number of nitrogens with zero attached hydrogens (tertiary/aromatic N) is 2. The first-order chi connectivity index (χ1) is 11.2. The van der Waals surface area contributed by atoms with Gasteiger partial charge in [0.25, 0.3) is 0 Å². The molecule has 3 rings (SSSR count). The fourth-order valence-electron chi connectivity index (χ4n) is 2.53. The van der Waals surface area contributed by atoms with Crippen LogP contribution in [0, 0.1) is 12.7 Å². The molecule has 3 N–H and O–H groups in total. The van der Waals surface area contributed by atoms with Crippen LogP contribution in [0.2, 0.25) is 0 Å². The molecule has 0 atom stereocenters. The minimum atomic E-state index is -4.19. The van der Waals surface area contributed by atoms with E-state index in [2.05, 4.69) is 21.5 Å². The maximum Gasteiger partial charge on any atom is 0.215 e. The van der Waals surface area contributed by atoms with Crippen LogP contribution < -0.4 is 5.73 Å². The molecule has 0 saturated carbocycles. The number of benzene rings is 1. The van der Waals surface area contributed by atoms with Gasteiger partial charge in [-0.2, -0.15) is 0 Å². The number of nitrogens with one attached hydrogen (secondary N) is 1. The SMILES string of the molecule is C=C(C)c1nc(C)nc2c(S(=O)(=O)c3ccccc3F)c(N)[nH]c12. The average molecular weight is 346 g/mol. The fraction of sp³-hybridized carbons (Fsp3) is 0.125. The first-order valence-corrected chi connectivity index (χ1v) is 8.53. The third-order valence-corrected chi connectivity index (χ3v) is 5.40. The maximum atomic E-state index is 14.0. The lowest BCUT2D eigenvalue weighted by Gasteiger charge is -2.06. The molecule has 0 fully saturated rings. The van der Waals surface area contributed by atoms with Crippen LogP contribution in [0.5, 0.6) is 0 Å². The average Bonchev–Trinajstić information content (AvgIpc) is 2.82. The molecule has 124 valence electrons. The highest BCUT2D eigenvalue weighted by Gasteiger charge is 2.30. The first-order valence-electron chi connectivity index (χ1n) is 7.04. The molecule has 0 saturated heterocycles. The van der Waals surface area contributed by atoms with Gasteiger partial charge in [-0.3, -0.25) is 0 Å². The molecule has 2 aromatic heterocycles. The minimum Gasteiger partial charge on any atom is -0.384 e. The van der Waals surface area contributed by atoms with Crippen molar-refractivity contribution in [2.75, 3.05) is 5.73 Å². The van der Waals surface area contributed by atoms with Gasteiger partial charge in [0.2, 0.25) is 9.84 Å². The lowest BCUT2D eigenvalue weighted by Crippen LogP contribution is -2.07. The summed E-state index contributed by atoms with van der Waals surface area (Å²) in [6, 6.07) is 5.13. The molecular weight excluding hydrogens is 331 g/mol. The lowest BCUT2D eigenvalue weighted by atomic mass is 10.2. The van der Waals surface area contributed by atoms with Gasteiger partial charge in [-0.05, 0) is 31.6 Å². The third kappa shape index (κ3) is 2.35. The summed E-state index contributed by atoms with van der Waals surface area (Å²) in [5.41, 5.74) is 7.48. The molecule has 8 heteroatoms. The predicted molar refractivity (Wildman–Crippen MR) is 89.6 cm³/mol. The molecule has 24 heavy (non-hydrogen) atoms. The summed E-state index contributed by atoms with van der Waals surface area (Å²) in [6.45, 7) is 7.20. The van der Waals surface area contributed by atoms with Crippen molar-refractivity contribution in [1.29, 1.82) is 0 Å². The summed E-state index contributed by atoms with van der Waals surface area (Å²) < 4.78 is 39.9. The van der Waals surface area contributed by atoms with Gasteiger partial charge in [-0.1, -0.05) is 18.7 Å². The van der Waals surface area contributed by atoms with Crippen LogP contribution in [0.15, 0.2) is 40.6 Å². The van der Waals surface area contributed by atoms with Crippen molar-refractivity contribution in [3.05, 3.63) is 48.2 Å². The highest BCUT2D eigenvalue weighted by atomic mass is 32.2. The number of hydrogen-bond acceptors (Lipinski definition) is 5. The molecule has 0 spiro atoms. The summed E-state index contributed by atoms with van der Waals surface area (Å²) in [6.07, 6.45) is 0. The number of sulfone groups is 1. The zero-order valence-corrected chi connectivity index (χ0v) is 13.9. The third-order valence-electron chi connectivity index (χ3n) is 3.54. The Bertz CT molecular complexity index is 1090. The number of nitrogen functional groups attached to an aromatic ring is 1. The van der Waals surface area contributed by atoms with Crippen LogP contribution >= 0.6 is 0 Å². The van der Waals surface area contributed by atoms with Gasteiger partial charge in [0.05, 0.1) is 11.2 Å². The Morgan fingerprint density at radius 1 is 1.29 bits per heavy atom. The van der Waals surface area contributed by atoms with Crippen molar-refractivity contribution in [2.45, 2.75) is 23.6 Å². The van der Waals surface area contributed by atoms with Crippen LogP contribution in [0.3, 0.4) is 0 Å². The van der Waals surface area contributed by atoms with Gasteiger partial charge in [-0.15, -0.1) is 0 Å². The van der Waals surface area contributed by atoms with Crippen LogP contribution in [0.25, 0.3) is 16.6 Å². The van der Waals surface area contributed by atoms with E-state index in [1.54, 1.807) is 13.8 Å². The Morgan fingerprint density at radius 3 is 2.58 bits per heavy atom. The van der Waals surface area contributed by atoms with Crippen LogP contribution in [-0.4, -0.2) is 23.4 Å². The smallest absolute Gasteiger partial charge is 0.215 e. The molecule has 0 radical (unpaired) electrons. The highest BCUT2D eigenvalue weighted by molar-refractivity contribution is 7.92. The Morgan fingerprint density at radius 2 is 1.96 bits per heavy atom. The summed E-state index contributed by atoms with van der Waals surface area (Å²) in [7, 11) is -4.19. The summed E-state index contributed by atoms with van der Waals surface area (Å²) in [5.74, 6) is -0.600. The molecule has 0 bridgehead atoms. The standard InChI is InChI=1S/C16H15FN4O2S/c1-8(2)12-13-14(20-9(3)19-12)15(16(18)21-13)24(22,23)11-7-5-4-6-10(11)17/h4-7,21H,1,18H2,2-3H3. The van der Waals surface area contributed by atoms with Crippen molar-refractivity contribution in [3.63, 3.8) is 0 Å². The number of aromatic amines is 1. The Kier molecular flexibility index (Phi) is 3.64. The van der Waals surface area contributed by atoms with Crippen molar-refractivity contribution >= 4 is 32.3 Å². The topological polar surface area (TPSA) is 102 Å². The van der Waals surface area contributed by atoms with E-state index in [9.17, 15) is 12.8 Å². The van der Waals surface area contributed by atoms with Crippen LogP contribution in [0.1, 0.15) is 18.4 Å². The quantitative estimate of drug-likeness (QED) is 0.759. The number of allylic oxidation sites excluding steroid dienone is 1. The minimum absolute atomic E-state index is 0.115. The van der Waals surface area contributed by atoms with Crippen LogP contribution in [-0.2, 0) is 9.84 Å². The predicted octanol–water partition coefficient (Wildman–Crippen LogP) is 2.85. The summed E-state index contributed by atoms with van der Waals surface area (Å²) in [4.78, 5) is 10.5. The molecule has 2 heterocycles.